The number of hydrogen-bond donors (Lipinski definition) is 2. The summed E-state index contributed by atoms with van der Waals surface area (Å²) in [6.07, 6.45) is -4.51. The van der Waals surface area contributed by atoms with Gasteiger partial charge in [0.15, 0.2) is 0 Å². The van der Waals surface area contributed by atoms with E-state index in [9.17, 15) is 18.0 Å². The van der Waals surface area contributed by atoms with E-state index in [2.05, 4.69) is 10.3 Å². The number of carbonyl (C=O) groups excluding carboxylic acids is 1. The molecule has 1 fully saturated rings. The Hall–Kier alpha value is -2.13. The van der Waals surface area contributed by atoms with Gasteiger partial charge in [0, 0.05) is 5.56 Å². The van der Waals surface area contributed by atoms with Crippen molar-refractivity contribution in [3.8, 4) is 0 Å². The Bertz CT molecular complexity index is 672. The Morgan fingerprint density at radius 2 is 2.04 bits per heavy atom. The number of amidine groups is 1. The zero-order valence-electron chi connectivity index (χ0n) is 16.1. The normalized spacial score (nSPS) is 16.3. The van der Waals surface area contributed by atoms with Gasteiger partial charge >= 0.3 is 6.18 Å². The molecular weight excluding hydrogens is 375 g/mol. The largest absolute Gasteiger partial charge is 0.465 e. The Morgan fingerprint density at radius 3 is 2.68 bits per heavy atom. The topological polar surface area (TPSA) is 64.4 Å². The lowest BCUT2D eigenvalue weighted by atomic mass is 10.1. The quantitative estimate of drug-likeness (QED) is 0.558. The second-order valence-electron chi connectivity index (χ2n) is 7.04. The molecule has 1 heterocycles. The third-order valence-corrected chi connectivity index (χ3v) is 4.15. The van der Waals surface area contributed by atoms with Crippen molar-refractivity contribution in [3.63, 3.8) is 0 Å². The lowest BCUT2D eigenvalue weighted by molar-refractivity contribution is -0.906. The van der Waals surface area contributed by atoms with Gasteiger partial charge in [-0.25, -0.2) is 4.99 Å². The molecule has 1 amide bonds. The fraction of sp³-hybridized carbons (Fsp3) is 0.579. The summed E-state index contributed by atoms with van der Waals surface area (Å²) in [7, 11) is 0. The third-order valence-electron chi connectivity index (χ3n) is 4.15. The highest BCUT2D eigenvalue weighted by Gasteiger charge is 2.31. The van der Waals surface area contributed by atoms with Crippen molar-refractivity contribution in [2.45, 2.75) is 20.0 Å². The first-order valence-electron chi connectivity index (χ1n) is 9.33. The molecule has 2 N–H and O–H groups in total. The number of nitrogens with one attached hydrogen (secondary N) is 2. The van der Waals surface area contributed by atoms with E-state index >= 15 is 0 Å². The number of nitrogens with zero attached hydrogens (tertiary/aromatic N) is 1. The first kappa shape index (κ1) is 22.2. The zero-order chi connectivity index (χ0) is 20.6. The maximum atomic E-state index is 12.9. The standard InChI is InChI=1S/C19H26F3N3O3/c1-14(2)13-28-18(23-6-7-25-8-10-27-11-9-25)24-17(26)15-4-3-5-16(12-15)19(20,21)22/h3-5,12,14H,6-11,13H2,1-2H3,(H,23,24,26)/p+1. The average molecular weight is 402 g/mol. The summed E-state index contributed by atoms with van der Waals surface area (Å²) >= 11 is 0. The number of aliphatic imine (C=N–C) groups is 1. The van der Waals surface area contributed by atoms with Crippen molar-refractivity contribution in [2.75, 3.05) is 46.0 Å². The third kappa shape index (κ3) is 7.47. The molecule has 156 valence electrons. The van der Waals surface area contributed by atoms with Gasteiger partial charge in [0.1, 0.15) is 13.1 Å². The summed E-state index contributed by atoms with van der Waals surface area (Å²) in [5.74, 6) is -0.479. The first-order valence-corrected chi connectivity index (χ1v) is 9.33. The zero-order valence-corrected chi connectivity index (χ0v) is 16.1. The summed E-state index contributed by atoms with van der Waals surface area (Å²) in [5, 5.41) is 2.49. The Kier molecular flexibility index (Phi) is 8.25. The van der Waals surface area contributed by atoms with Crippen LogP contribution < -0.4 is 10.2 Å². The fourth-order valence-electron chi connectivity index (χ4n) is 2.60. The number of ether oxygens (including phenoxy) is 2. The number of amides is 1. The number of hydrogen-bond acceptors (Lipinski definition) is 4. The molecule has 0 saturated carbocycles. The van der Waals surface area contributed by atoms with E-state index in [1.807, 2.05) is 13.8 Å². The molecule has 0 atom stereocenters. The van der Waals surface area contributed by atoms with Crippen molar-refractivity contribution in [3.05, 3.63) is 35.4 Å². The van der Waals surface area contributed by atoms with Crippen LogP contribution in [0.15, 0.2) is 29.3 Å². The van der Waals surface area contributed by atoms with Gasteiger partial charge in [0.05, 0.1) is 38.5 Å². The molecule has 1 saturated heterocycles. The second-order valence-corrected chi connectivity index (χ2v) is 7.04. The maximum absolute atomic E-state index is 12.9. The van der Waals surface area contributed by atoms with Gasteiger partial charge in [0.2, 0.25) is 0 Å². The predicted octanol–water partition coefficient (Wildman–Crippen LogP) is 1.38. The Balaban J connectivity index is 2.01. The number of morpholine rings is 1. The van der Waals surface area contributed by atoms with Crippen LogP contribution >= 0.6 is 0 Å². The van der Waals surface area contributed by atoms with E-state index < -0.39 is 17.6 Å². The van der Waals surface area contributed by atoms with Gasteiger partial charge in [-0.1, -0.05) is 19.9 Å². The molecule has 1 aromatic carbocycles. The van der Waals surface area contributed by atoms with Crippen LogP contribution in [0.25, 0.3) is 0 Å². The Labute approximate surface area is 162 Å². The van der Waals surface area contributed by atoms with Crippen LogP contribution in [0.1, 0.15) is 29.8 Å². The lowest BCUT2D eigenvalue weighted by Crippen LogP contribution is -3.14. The summed E-state index contributed by atoms with van der Waals surface area (Å²) in [6, 6.07) is 4.29. The number of alkyl halides is 3. The molecular formula is C19H27F3N3O3+. The van der Waals surface area contributed by atoms with E-state index in [0.717, 1.165) is 31.8 Å². The predicted molar refractivity (Wildman–Crippen MR) is 98.4 cm³/mol. The molecule has 0 radical (unpaired) electrons. The maximum Gasteiger partial charge on any atom is 0.416 e. The van der Waals surface area contributed by atoms with Crippen molar-refractivity contribution in [1.29, 1.82) is 0 Å². The minimum atomic E-state index is -4.51. The van der Waals surface area contributed by atoms with Gasteiger partial charge in [-0.3, -0.25) is 10.1 Å². The average Bonchev–Trinajstić information content (AvgIpc) is 2.66. The molecule has 0 aliphatic carbocycles. The second kappa shape index (κ2) is 10.4. The highest BCUT2D eigenvalue weighted by Crippen LogP contribution is 2.29. The molecule has 28 heavy (non-hydrogen) atoms. The minimum absolute atomic E-state index is 0.0313. The van der Waals surface area contributed by atoms with Crippen LogP contribution in [0.4, 0.5) is 13.2 Å². The van der Waals surface area contributed by atoms with Gasteiger partial charge in [-0.2, -0.15) is 13.2 Å². The van der Waals surface area contributed by atoms with Gasteiger partial charge < -0.3 is 14.4 Å². The SMILES string of the molecule is CC(C)COC(=NCC[NH+]1CCOCC1)NC(=O)c1cccc(C(F)(F)F)c1. The molecule has 1 aliphatic rings. The van der Waals surface area contributed by atoms with Crippen molar-refractivity contribution < 1.29 is 32.3 Å². The van der Waals surface area contributed by atoms with Crippen LogP contribution in [0, 0.1) is 5.92 Å². The molecule has 0 bridgehead atoms. The highest BCUT2D eigenvalue weighted by atomic mass is 19.4. The summed E-state index contributed by atoms with van der Waals surface area (Å²) < 4.78 is 49.4. The number of quaternary nitrogens is 1. The summed E-state index contributed by atoms with van der Waals surface area (Å²) in [6.45, 7) is 8.65. The lowest BCUT2D eigenvalue weighted by Gasteiger charge is -2.23. The van der Waals surface area contributed by atoms with Crippen molar-refractivity contribution in [2.24, 2.45) is 10.9 Å². The van der Waals surface area contributed by atoms with Crippen molar-refractivity contribution >= 4 is 11.9 Å². The molecule has 6 nitrogen and oxygen atoms in total. The molecule has 1 aliphatic heterocycles. The number of carbonyl (C=O) groups is 1. The van der Waals surface area contributed by atoms with E-state index in [0.29, 0.717) is 26.4 Å². The summed E-state index contributed by atoms with van der Waals surface area (Å²) in [4.78, 5) is 18.0. The van der Waals surface area contributed by atoms with Gasteiger partial charge in [-0.05, 0) is 24.1 Å². The molecule has 1 aromatic rings. The van der Waals surface area contributed by atoms with E-state index in [1.165, 1.54) is 17.0 Å². The van der Waals surface area contributed by atoms with Gasteiger partial charge in [-0.15, -0.1) is 0 Å². The molecule has 0 aromatic heterocycles. The fourth-order valence-corrected chi connectivity index (χ4v) is 2.60. The van der Waals surface area contributed by atoms with E-state index in [-0.39, 0.29) is 17.5 Å². The first-order chi connectivity index (χ1) is 13.3. The van der Waals surface area contributed by atoms with E-state index in [1.54, 1.807) is 0 Å². The molecule has 0 unspecified atom stereocenters. The smallest absolute Gasteiger partial charge is 0.416 e. The van der Waals surface area contributed by atoms with Crippen LogP contribution in [-0.4, -0.2) is 57.9 Å². The summed E-state index contributed by atoms with van der Waals surface area (Å²) in [5.41, 5.74) is -0.980. The monoisotopic (exact) mass is 402 g/mol. The minimum Gasteiger partial charge on any atom is -0.465 e. The van der Waals surface area contributed by atoms with Crippen LogP contribution in [0.5, 0.6) is 0 Å². The van der Waals surface area contributed by atoms with Crippen molar-refractivity contribution in [1.82, 2.24) is 5.32 Å². The van der Waals surface area contributed by atoms with E-state index in [4.69, 9.17) is 9.47 Å². The van der Waals surface area contributed by atoms with Crippen LogP contribution in [0.3, 0.4) is 0 Å². The van der Waals surface area contributed by atoms with Crippen LogP contribution in [-0.2, 0) is 15.7 Å². The molecule has 0 spiro atoms. The van der Waals surface area contributed by atoms with Gasteiger partial charge in [0.25, 0.3) is 11.9 Å². The molecule has 9 heteroatoms. The number of rotatable bonds is 6. The molecule has 2 rings (SSSR count). The van der Waals surface area contributed by atoms with Crippen LogP contribution in [0.2, 0.25) is 0 Å². The highest BCUT2D eigenvalue weighted by molar-refractivity contribution is 6.04. The number of halogens is 3. The Morgan fingerprint density at radius 1 is 1.32 bits per heavy atom. The number of benzene rings is 1.